The Kier molecular flexibility index (Phi) is 4.35. The molecule has 0 atom stereocenters. The summed E-state index contributed by atoms with van der Waals surface area (Å²) in [5.74, 6) is 0.869. The van der Waals surface area contributed by atoms with Crippen LogP contribution in [0, 0.1) is 0 Å². The highest BCUT2D eigenvalue weighted by Gasteiger charge is 2.19. The van der Waals surface area contributed by atoms with Crippen molar-refractivity contribution < 1.29 is 14.3 Å². The van der Waals surface area contributed by atoms with E-state index in [-0.39, 0.29) is 5.91 Å². The molecule has 0 radical (unpaired) electrons. The van der Waals surface area contributed by atoms with Crippen LogP contribution in [0.15, 0.2) is 16.6 Å². The fourth-order valence-electron chi connectivity index (χ4n) is 2.41. The summed E-state index contributed by atoms with van der Waals surface area (Å²) in [5, 5.41) is 3.50. The molecular weight excluding hydrogens is 368 g/mol. The second-order valence-electron chi connectivity index (χ2n) is 4.89. The maximum Gasteiger partial charge on any atom is 0.257 e. The fraction of sp³-hybridized carbons (Fsp3) is 0.333. The highest BCUT2D eigenvalue weighted by atomic mass is 79.9. The molecule has 0 unspecified atom stereocenters. The number of nitrogens with one attached hydrogen (secondary N) is 1. The summed E-state index contributed by atoms with van der Waals surface area (Å²) in [4.78, 5) is 18.2. The van der Waals surface area contributed by atoms with Crippen molar-refractivity contribution in [2.24, 2.45) is 0 Å². The number of ether oxygens (including phenoxy) is 2. The second kappa shape index (κ2) is 6.26. The summed E-state index contributed by atoms with van der Waals surface area (Å²) >= 11 is 4.94. The number of halogens is 1. The van der Waals surface area contributed by atoms with Gasteiger partial charge in [-0.2, -0.15) is 0 Å². The summed E-state index contributed by atoms with van der Waals surface area (Å²) in [6, 6.07) is 3.34. The number of carbonyl (C=O) groups excluding carboxylic acids is 1. The van der Waals surface area contributed by atoms with Crippen molar-refractivity contribution in [3.8, 4) is 11.5 Å². The van der Waals surface area contributed by atoms with Crippen LogP contribution in [0.3, 0.4) is 0 Å². The first-order valence-electron chi connectivity index (χ1n) is 6.84. The minimum atomic E-state index is -0.225. The molecule has 1 aromatic carbocycles. The highest BCUT2D eigenvalue weighted by Crippen LogP contribution is 2.36. The lowest BCUT2D eigenvalue weighted by Crippen LogP contribution is -2.12. The van der Waals surface area contributed by atoms with Crippen LogP contribution in [0.1, 0.15) is 27.3 Å². The maximum absolute atomic E-state index is 12.4. The molecule has 1 aliphatic rings. The summed E-state index contributed by atoms with van der Waals surface area (Å²) in [6.07, 6.45) is 3.22. The lowest BCUT2D eigenvalue weighted by atomic mass is 10.2. The summed E-state index contributed by atoms with van der Waals surface area (Å²) in [5.41, 5.74) is 1.58. The number of amides is 1. The van der Waals surface area contributed by atoms with E-state index in [0.29, 0.717) is 26.7 Å². The zero-order valence-corrected chi connectivity index (χ0v) is 14.6. The van der Waals surface area contributed by atoms with Gasteiger partial charge in [0.25, 0.3) is 5.91 Å². The first-order chi connectivity index (χ1) is 10.6. The quantitative estimate of drug-likeness (QED) is 0.876. The van der Waals surface area contributed by atoms with Gasteiger partial charge in [0.2, 0.25) is 0 Å². The number of fused-ring (bicyclic) bond motifs is 1. The first kappa shape index (κ1) is 15.3. The van der Waals surface area contributed by atoms with Gasteiger partial charge in [0.1, 0.15) is 16.0 Å². The third-order valence-corrected chi connectivity index (χ3v) is 5.38. The Labute approximate surface area is 140 Å². The van der Waals surface area contributed by atoms with Crippen molar-refractivity contribution in [2.75, 3.05) is 19.5 Å². The van der Waals surface area contributed by atoms with Gasteiger partial charge >= 0.3 is 0 Å². The minimum absolute atomic E-state index is 0.225. The van der Waals surface area contributed by atoms with E-state index in [1.807, 2.05) is 0 Å². The van der Waals surface area contributed by atoms with Crippen molar-refractivity contribution in [1.82, 2.24) is 4.98 Å². The molecule has 22 heavy (non-hydrogen) atoms. The van der Waals surface area contributed by atoms with E-state index in [4.69, 9.17) is 9.47 Å². The number of aryl methyl sites for hydroxylation is 2. The number of hydrogen-bond acceptors (Lipinski definition) is 5. The van der Waals surface area contributed by atoms with Gasteiger partial charge in [0, 0.05) is 10.4 Å². The lowest BCUT2D eigenvalue weighted by molar-refractivity contribution is 0.102. The molecule has 0 saturated carbocycles. The Morgan fingerprint density at radius 1 is 1.27 bits per heavy atom. The Morgan fingerprint density at radius 2 is 1.95 bits per heavy atom. The summed E-state index contributed by atoms with van der Waals surface area (Å²) in [7, 11) is 3.10. The van der Waals surface area contributed by atoms with E-state index in [2.05, 4.69) is 26.2 Å². The van der Waals surface area contributed by atoms with Crippen LogP contribution in [-0.4, -0.2) is 25.1 Å². The van der Waals surface area contributed by atoms with E-state index in [1.54, 1.807) is 37.7 Å². The van der Waals surface area contributed by atoms with Crippen LogP contribution < -0.4 is 14.8 Å². The van der Waals surface area contributed by atoms with Crippen LogP contribution in [0.5, 0.6) is 11.5 Å². The van der Waals surface area contributed by atoms with Crippen molar-refractivity contribution in [3.05, 3.63) is 32.7 Å². The molecule has 2 aromatic rings. The minimum Gasteiger partial charge on any atom is -0.495 e. The number of nitrogens with zero attached hydrogens (tertiary/aromatic N) is 1. The van der Waals surface area contributed by atoms with Gasteiger partial charge in [-0.25, -0.2) is 4.98 Å². The van der Waals surface area contributed by atoms with Gasteiger partial charge in [0.05, 0.1) is 19.9 Å². The molecule has 1 aromatic heterocycles. The maximum atomic E-state index is 12.4. The number of methoxy groups -OCH3 is 2. The molecule has 3 rings (SSSR count). The molecule has 1 amide bonds. The van der Waals surface area contributed by atoms with Crippen LogP contribution in [0.2, 0.25) is 0 Å². The lowest BCUT2D eigenvalue weighted by Gasteiger charge is -2.11. The molecule has 0 spiro atoms. The number of anilines is 1. The number of benzene rings is 1. The van der Waals surface area contributed by atoms with E-state index in [0.717, 1.165) is 25.0 Å². The van der Waals surface area contributed by atoms with Gasteiger partial charge in [-0.15, -0.1) is 11.3 Å². The van der Waals surface area contributed by atoms with Gasteiger partial charge in [-0.05, 0) is 47.3 Å². The van der Waals surface area contributed by atoms with Crippen molar-refractivity contribution >= 4 is 38.3 Å². The molecule has 0 bridgehead atoms. The van der Waals surface area contributed by atoms with E-state index < -0.39 is 0 Å². The number of hydrogen-bond donors (Lipinski definition) is 1. The van der Waals surface area contributed by atoms with Crippen LogP contribution in [-0.2, 0) is 12.8 Å². The molecule has 1 aliphatic carbocycles. The molecule has 1 heterocycles. The Bertz CT molecular complexity index is 683. The van der Waals surface area contributed by atoms with Crippen LogP contribution in [0.4, 0.5) is 5.13 Å². The first-order valence-corrected chi connectivity index (χ1v) is 8.44. The molecule has 5 nitrogen and oxygen atoms in total. The Hall–Kier alpha value is -1.60. The van der Waals surface area contributed by atoms with E-state index in [9.17, 15) is 4.79 Å². The Morgan fingerprint density at radius 3 is 2.55 bits per heavy atom. The summed E-state index contributed by atoms with van der Waals surface area (Å²) < 4.78 is 11.2. The molecular formula is C15H15BrN2O3S. The zero-order chi connectivity index (χ0) is 15.7. The molecule has 116 valence electrons. The number of aromatic nitrogens is 1. The largest absolute Gasteiger partial charge is 0.495 e. The standard InChI is InChI=1S/C15H15BrN2O3S/c1-20-10-6-8(7-11(21-2)13(10)16)14(19)18-15-17-9-4-3-5-12(9)22-15/h6-7H,3-5H2,1-2H3,(H,17,18,19). The molecule has 0 fully saturated rings. The number of rotatable bonds is 4. The van der Waals surface area contributed by atoms with Crippen LogP contribution >= 0.6 is 27.3 Å². The zero-order valence-electron chi connectivity index (χ0n) is 12.2. The highest BCUT2D eigenvalue weighted by molar-refractivity contribution is 9.10. The smallest absolute Gasteiger partial charge is 0.257 e. The molecule has 7 heteroatoms. The third kappa shape index (κ3) is 2.83. The average molecular weight is 383 g/mol. The number of thiazole rings is 1. The van der Waals surface area contributed by atoms with Crippen molar-refractivity contribution in [1.29, 1.82) is 0 Å². The topological polar surface area (TPSA) is 60.5 Å². The average Bonchev–Trinajstić information content (AvgIpc) is 3.08. The molecule has 1 N–H and O–H groups in total. The van der Waals surface area contributed by atoms with Gasteiger partial charge in [-0.3, -0.25) is 10.1 Å². The normalized spacial score (nSPS) is 12.9. The van der Waals surface area contributed by atoms with Gasteiger partial charge < -0.3 is 9.47 Å². The molecule has 0 aliphatic heterocycles. The fourth-order valence-corrected chi connectivity index (χ4v) is 4.01. The van der Waals surface area contributed by atoms with Crippen molar-refractivity contribution in [3.63, 3.8) is 0 Å². The SMILES string of the molecule is COc1cc(C(=O)Nc2nc3c(s2)CCC3)cc(OC)c1Br. The monoisotopic (exact) mass is 382 g/mol. The Balaban J connectivity index is 1.84. The second-order valence-corrected chi connectivity index (χ2v) is 6.77. The van der Waals surface area contributed by atoms with E-state index in [1.165, 1.54) is 4.88 Å². The van der Waals surface area contributed by atoms with E-state index >= 15 is 0 Å². The van der Waals surface area contributed by atoms with Crippen molar-refractivity contribution in [2.45, 2.75) is 19.3 Å². The molecule has 0 saturated heterocycles. The van der Waals surface area contributed by atoms with Crippen LogP contribution in [0.25, 0.3) is 0 Å². The van der Waals surface area contributed by atoms with Gasteiger partial charge in [0.15, 0.2) is 5.13 Å². The third-order valence-electron chi connectivity index (χ3n) is 3.52. The van der Waals surface area contributed by atoms with Gasteiger partial charge in [-0.1, -0.05) is 0 Å². The predicted octanol–water partition coefficient (Wildman–Crippen LogP) is 3.66. The summed E-state index contributed by atoms with van der Waals surface area (Å²) in [6.45, 7) is 0. The number of carbonyl (C=O) groups is 1. The predicted molar refractivity (Wildman–Crippen MR) is 89.3 cm³/mol.